The van der Waals surface area contributed by atoms with Gasteiger partial charge >= 0.3 is 0 Å². The summed E-state index contributed by atoms with van der Waals surface area (Å²) in [4.78, 5) is 0.162. The molecule has 29 heavy (non-hydrogen) atoms. The van der Waals surface area contributed by atoms with Gasteiger partial charge in [0.15, 0.2) is 6.10 Å². The van der Waals surface area contributed by atoms with Crippen LogP contribution in [0.3, 0.4) is 0 Å². The molecule has 6 heteroatoms. The predicted molar refractivity (Wildman–Crippen MR) is 121 cm³/mol. The van der Waals surface area contributed by atoms with E-state index in [1.54, 1.807) is 24.3 Å². The lowest BCUT2D eigenvalue weighted by molar-refractivity contribution is 0.0440. The minimum atomic E-state index is -3.90. The third-order valence-electron chi connectivity index (χ3n) is 5.05. The van der Waals surface area contributed by atoms with E-state index in [0.717, 1.165) is 32.4 Å². The van der Waals surface area contributed by atoms with Crippen molar-refractivity contribution in [3.8, 4) is 5.75 Å². The highest BCUT2D eigenvalue weighted by Crippen LogP contribution is 2.38. The third kappa shape index (κ3) is 4.49. The second kappa shape index (κ2) is 8.45. The van der Waals surface area contributed by atoms with Crippen molar-refractivity contribution < 1.29 is 17.3 Å². The van der Waals surface area contributed by atoms with Gasteiger partial charge in [-0.2, -0.15) is 8.42 Å². The maximum atomic E-state index is 12.9. The van der Waals surface area contributed by atoms with E-state index in [1.807, 2.05) is 49.4 Å². The molecule has 0 aliphatic heterocycles. The molecule has 0 heterocycles. The Morgan fingerprint density at radius 1 is 0.931 bits per heavy atom. The molecule has 0 bridgehead atoms. The summed E-state index contributed by atoms with van der Waals surface area (Å²) in [5.41, 5.74) is 3.13. The molecular weight excluding hydrogens is 499 g/mol. The summed E-state index contributed by atoms with van der Waals surface area (Å²) in [5, 5.41) is 0. The zero-order chi connectivity index (χ0) is 20.4. The number of hydrogen-bond acceptors (Lipinski definition) is 4. The molecule has 0 spiro atoms. The smallest absolute Gasteiger partial charge is 0.297 e. The SMILES string of the molecule is Cc1ccc(S(=O)(=O)O[C@H]2CCc3ccccc3[C@@H]2Oc2ccccc2I)cc1. The summed E-state index contributed by atoms with van der Waals surface area (Å²) < 4.78 is 38.8. The van der Waals surface area contributed by atoms with E-state index in [1.165, 1.54) is 0 Å². The monoisotopic (exact) mass is 520 g/mol. The number of fused-ring (bicyclic) bond motifs is 1. The maximum absolute atomic E-state index is 12.9. The molecule has 0 radical (unpaired) electrons. The van der Waals surface area contributed by atoms with E-state index in [9.17, 15) is 8.42 Å². The standard InChI is InChI=1S/C23H21IO4S/c1-16-10-13-18(14-11-16)29(25,26)28-22-15-12-17-6-2-3-7-19(17)23(22)27-21-9-5-4-8-20(21)24/h2-11,13-14,22-23H,12,15H2,1H3/t22-,23-/m0/s1. The number of halogens is 1. The number of aryl methyl sites for hydroxylation is 2. The predicted octanol–water partition coefficient (Wildman–Crippen LogP) is 5.44. The summed E-state index contributed by atoms with van der Waals surface area (Å²) in [5.74, 6) is 0.719. The Balaban J connectivity index is 1.67. The first kappa shape index (κ1) is 20.4. The van der Waals surface area contributed by atoms with Gasteiger partial charge in [-0.05, 0) is 77.7 Å². The van der Waals surface area contributed by atoms with Crippen LogP contribution in [-0.2, 0) is 20.7 Å². The van der Waals surface area contributed by atoms with Gasteiger partial charge in [0.2, 0.25) is 0 Å². The highest BCUT2D eigenvalue weighted by molar-refractivity contribution is 14.1. The Morgan fingerprint density at radius 2 is 1.62 bits per heavy atom. The van der Waals surface area contributed by atoms with Crippen LogP contribution >= 0.6 is 22.6 Å². The fourth-order valence-corrected chi connectivity index (χ4v) is 5.14. The van der Waals surface area contributed by atoms with E-state index in [-0.39, 0.29) is 4.90 Å². The molecule has 4 nitrogen and oxygen atoms in total. The molecule has 1 aliphatic carbocycles. The highest BCUT2D eigenvalue weighted by atomic mass is 127. The van der Waals surface area contributed by atoms with Crippen LogP contribution in [0, 0.1) is 10.5 Å². The van der Waals surface area contributed by atoms with E-state index < -0.39 is 22.3 Å². The summed E-state index contributed by atoms with van der Waals surface area (Å²) in [6, 6.07) is 22.4. The molecular formula is C23H21IO4S. The summed E-state index contributed by atoms with van der Waals surface area (Å²) in [6.07, 6.45) is 0.204. The number of para-hydroxylation sites is 1. The average Bonchev–Trinajstić information content (AvgIpc) is 2.71. The second-order valence-corrected chi connectivity index (χ2v) is 9.84. The lowest BCUT2D eigenvalue weighted by Crippen LogP contribution is -2.34. The molecule has 0 unspecified atom stereocenters. The van der Waals surface area contributed by atoms with Crippen molar-refractivity contribution in [1.29, 1.82) is 0 Å². The van der Waals surface area contributed by atoms with Crippen molar-refractivity contribution in [1.82, 2.24) is 0 Å². The Kier molecular flexibility index (Phi) is 5.94. The van der Waals surface area contributed by atoms with Gasteiger partial charge in [0.05, 0.1) is 8.47 Å². The molecule has 4 rings (SSSR count). The Morgan fingerprint density at radius 3 is 2.38 bits per heavy atom. The van der Waals surface area contributed by atoms with Crippen LogP contribution in [-0.4, -0.2) is 14.5 Å². The molecule has 0 saturated carbocycles. The fourth-order valence-electron chi connectivity index (χ4n) is 3.53. The molecule has 150 valence electrons. The topological polar surface area (TPSA) is 52.6 Å². The minimum absolute atomic E-state index is 0.162. The van der Waals surface area contributed by atoms with Crippen molar-refractivity contribution in [3.05, 3.63) is 93.1 Å². The largest absolute Gasteiger partial charge is 0.482 e. The van der Waals surface area contributed by atoms with E-state index in [4.69, 9.17) is 8.92 Å². The maximum Gasteiger partial charge on any atom is 0.297 e. The molecule has 3 aromatic carbocycles. The van der Waals surface area contributed by atoms with Crippen molar-refractivity contribution in [3.63, 3.8) is 0 Å². The molecule has 3 aromatic rings. The Hall–Kier alpha value is -1.90. The lowest BCUT2D eigenvalue weighted by Gasteiger charge is -2.33. The van der Waals surface area contributed by atoms with Gasteiger partial charge in [0.25, 0.3) is 10.1 Å². The van der Waals surface area contributed by atoms with Crippen molar-refractivity contribution >= 4 is 32.7 Å². The Labute approximate surface area is 185 Å². The van der Waals surface area contributed by atoms with Crippen LogP contribution in [0.5, 0.6) is 5.75 Å². The first-order chi connectivity index (χ1) is 13.9. The van der Waals surface area contributed by atoms with Gasteiger partial charge in [0, 0.05) is 0 Å². The molecule has 0 amide bonds. The van der Waals surface area contributed by atoms with Crippen LogP contribution < -0.4 is 4.74 Å². The molecule has 0 fully saturated rings. The van der Waals surface area contributed by atoms with E-state index >= 15 is 0 Å². The summed E-state index contributed by atoms with van der Waals surface area (Å²) in [7, 11) is -3.90. The van der Waals surface area contributed by atoms with Gasteiger partial charge in [-0.15, -0.1) is 0 Å². The summed E-state index contributed by atoms with van der Waals surface area (Å²) >= 11 is 2.22. The van der Waals surface area contributed by atoms with Gasteiger partial charge in [-0.25, -0.2) is 0 Å². The highest BCUT2D eigenvalue weighted by Gasteiger charge is 2.36. The van der Waals surface area contributed by atoms with E-state index in [2.05, 4.69) is 28.7 Å². The average molecular weight is 520 g/mol. The quantitative estimate of drug-likeness (QED) is 0.332. The molecule has 0 saturated heterocycles. The van der Waals surface area contributed by atoms with Crippen LogP contribution in [0.4, 0.5) is 0 Å². The van der Waals surface area contributed by atoms with Crippen molar-refractivity contribution in [2.75, 3.05) is 0 Å². The zero-order valence-corrected chi connectivity index (χ0v) is 18.9. The number of rotatable bonds is 5. The molecule has 0 N–H and O–H groups in total. The van der Waals surface area contributed by atoms with Crippen molar-refractivity contribution in [2.45, 2.75) is 36.9 Å². The molecule has 1 aliphatic rings. The van der Waals surface area contributed by atoms with Crippen LogP contribution in [0.1, 0.15) is 29.2 Å². The normalized spacial score (nSPS) is 18.8. The second-order valence-electron chi connectivity index (χ2n) is 7.11. The summed E-state index contributed by atoms with van der Waals surface area (Å²) in [6.45, 7) is 1.92. The first-order valence-corrected chi connectivity index (χ1v) is 11.9. The van der Waals surface area contributed by atoms with Crippen LogP contribution in [0.25, 0.3) is 0 Å². The van der Waals surface area contributed by atoms with Crippen LogP contribution in [0.15, 0.2) is 77.7 Å². The minimum Gasteiger partial charge on any atom is -0.482 e. The van der Waals surface area contributed by atoms with Gasteiger partial charge in [-0.3, -0.25) is 4.18 Å². The fraction of sp³-hybridized carbons (Fsp3) is 0.217. The molecule has 2 atom stereocenters. The molecule has 0 aromatic heterocycles. The third-order valence-corrected chi connectivity index (χ3v) is 7.29. The zero-order valence-electron chi connectivity index (χ0n) is 15.9. The number of hydrogen-bond donors (Lipinski definition) is 0. The number of ether oxygens (including phenoxy) is 1. The van der Waals surface area contributed by atoms with Gasteiger partial charge in [0.1, 0.15) is 11.9 Å². The van der Waals surface area contributed by atoms with Crippen molar-refractivity contribution in [2.24, 2.45) is 0 Å². The lowest BCUT2D eigenvalue weighted by atomic mass is 9.87. The van der Waals surface area contributed by atoms with E-state index in [0.29, 0.717) is 6.42 Å². The van der Waals surface area contributed by atoms with Gasteiger partial charge in [-0.1, -0.05) is 54.1 Å². The van der Waals surface area contributed by atoms with Crippen LogP contribution in [0.2, 0.25) is 0 Å². The first-order valence-electron chi connectivity index (χ1n) is 9.43. The number of benzene rings is 3. The van der Waals surface area contributed by atoms with Gasteiger partial charge < -0.3 is 4.74 Å². The Bertz CT molecular complexity index is 1110.